The van der Waals surface area contributed by atoms with E-state index in [-0.39, 0.29) is 11.7 Å². The lowest BCUT2D eigenvalue weighted by Gasteiger charge is -2.24. The number of nitrogens with one attached hydrogen (secondary N) is 1. The Bertz CT molecular complexity index is 619. The van der Waals surface area contributed by atoms with Crippen molar-refractivity contribution >= 4 is 23.1 Å². The first-order valence-electron chi connectivity index (χ1n) is 6.03. The van der Waals surface area contributed by atoms with Gasteiger partial charge in [0, 0.05) is 11.4 Å². The van der Waals surface area contributed by atoms with Crippen LogP contribution in [0.2, 0.25) is 0 Å². The second-order valence-corrected chi connectivity index (χ2v) is 5.37. The highest BCUT2D eigenvalue weighted by molar-refractivity contribution is 7.10. The molecule has 0 radical (unpaired) electrons. The minimum absolute atomic E-state index is 0.141. The fourth-order valence-corrected chi connectivity index (χ4v) is 3.38. The molecule has 1 N–H and O–H groups in total. The van der Waals surface area contributed by atoms with Crippen molar-refractivity contribution in [3.63, 3.8) is 0 Å². The van der Waals surface area contributed by atoms with Crippen molar-refractivity contribution in [3.8, 4) is 0 Å². The summed E-state index contributed by atoms with van der Waals surface area (Å²) in [6, 6.07) is 2.24. The first-order chi connectivity index (χ1) is 9.22. The quantitative estimate of drug-likeness (QED) is 0.849. The lowest BCUT2D eigenvalue weighted by Crippen LogP contribution is -2.25. The average Bonchev–Trinajstić information content (AvgIpc) is 3.03. The molecule has 1 aliphatic rings. The van der Waals surface area contributed by atoms with Gasteiger partial charge in [-0.05, 0) is 30.4 Å². The molecule has 0 saturated heterocycles. The summed E-state index contributed by atoms with van der Waals surface area (Å²) in [7, 11) is 1.35. The molecule has 0 aromatic carbocycles. The third-order valence-electron chi connectivity index (χ3n) is 3.28. The van der Waals surface area contributed by atoms with Crippen molar-refractivity contribution in [1.29, 1.82) is 0 Å². The summed E-state index contributed by atoms with van der Waals surface area (Å²) in [6.07, 6.45) is 0.929. The lowest BCUT2D eigenvalue weighted by atomic mass is 10.1. The van der Waals surface area contributed by atoms with Crippen molar-refractivity contribution in [3.05, 3.63) is 27.6 Å². The van der Waals surface area contributed by atoms with Crippen LogP contribution in [-0.4, -0.2) is 34.6 Å². The number of fused-ring (bicyclic) bond motifs is 1. The second-order valence-electron chi connectivity index (χ2n) is 4.42. The van der Waals surface area contributed by atoms with Gasteiger partial charge in [0.25, 0.3) is 0 Å². The molecule has 100 valence electrons. The van der Waals surface area contributed by atoms with Crippen molar-refractivity contribution in [2.75, 3.05) is 19.0 Å². The van der Waals surface area contributed by atoms with Gasteiger partial charge >= 0.3 is 5.97 Å². The van der Waals surface area contributed by atoms with E-state index in [0.29, 0.717) is 5.82 Å². The van der Waals surface area contributed by atoms with Gasteiger partial charge < -0.3 is 10.1 Å². The van der Waals surface area contributed by atoms with Crippen molar-refractivity contribution in [1.82, 2.24) is 15.0 Å². The van der Waals surface area contributed by atoms with E-state index in [0.717, 1.165) is 13.0 Å². The molecule has 0 saturated carbocycles. The maximum Gasteiger partial charge on any atom is 0.362 e. The molecule has 3 rings (SSSR count). The number of hydrogen-bond acceptors (Lipinski definition) is 6. The van der Waals surface area contributed by atoms with Gasteiger partial charge in [-0.3, -0.25) is 0 Å². The zero-order chi connectivity index (χ0) is 13.4. The maximum absolute atomic E-state index is 11.6. The number of carbonyl (C=O) groups excluding carboxylic acids is 1. The molecule has 2 aromatic heterocycles. The fraction of sp³-hybridized carbons (Fsp3) is 0.417. The van der Waals surface area contributed by atoms with Crippen LogP contribution in [-0.2, 0) is 4.74 Å². The molecular weight excluding hydrogens is 264 g/mol. The molecule has 3 heterocycles. The SMILES string of the molecule is COC(=O)c1nnn2c1NCCC2c1sccc1C. The standard InChI is InChI=1S/C12H14N4O2S/c1-7-4-6-19-10(7)8-3-5-13-11-9(12(17)18-2)14-15-16(8)11/h4,6,8,13H,3,5H2,1-2H3. The first-order valence-corrected chi connectivity index (χ1v) is 6.91. The summed E-state index contributed by atoms with van der Waals surface area (Å²) in [5, 5.41) is 13.3. The van der Waals surface area contributed by atoms with Gasteiger partial charge in [-0.25, -0.2) is 9.48 Å². The fourth-order valence-electron chi connectivity index (χ4n) is 2.33. The largest absolute Gasteiger partial charge is 0.464 e. The molecule has 0 aliphatic carbocycles. The minimum atomic E-state index is -0.461. The van der Waals surface area contributed by atoms with E-state index < -0.39 is 5.97 Å². The van der Waals surface area contributed by atoms with Gasteiger partial charge in [0.2, 0.25) is 5.69 Å². The Kier molecular flexibility index (Phi) is 2.98. The zero-order valence-corrected chi connectivity index (χ0v) is 11.5. The number of thiophene rings is 1. The second kappa shape index (κ2) is 4.65. The highest BCUT2D eigenvalue weighted by atomic mass is 32.1. The van der Waals surface area contributed by atoms with Gasteiger partial charge in [-0.1, -0.05) is 5.21 Å². The van der Waals surface area contributed by atoms with Crippen molar-refractivity contribution in [2.45, 2.75) is 19.4 Å². The number of esters is 1. The van der Waals surface area contributed by atoms with Crippen molar-refractivity contribution in [2.24, 2.45) is 0 Å². The molecule has 1 unspecified atom stereocenters. The predicted octanol–water partition coefficient (Wildman–Crippen LogP) is 1.84. The van der Waals surface area contributed by atoms with Crippen LogP contribution in [0.1, 0.15) is 33.4 Å². The Morgan fingerprint density at radius 2 is 2.47 bits per heavy atom. The summed E-state index contributed by atoms with van der Waals surface area (Å²) < 4.78 is 6.50. The number of carbonyl (C=O) groups is 1. The number of nitrogens with zero attached hydrogens (tertiary/aromatic N) is 3. The van der Waals surface area contributed by atoms with Crippen LogP contribution >= 0.6 is 11.3 Å². The van der Waals surface area contributed by atoms with Gasteiger partial charge in [-0.15, -0.1) is 16.4 Å². The molecule has 7 heteroatoms. The monoisotopic (exact) mass is 278 g/mol. The van der Waals surface area contributed by atoms with Gasteiger partial charge in [0.1, 0.15) is 0 Å². The Labute approximate surface area is 114 Å². The third-order valence-corrected chi connectivity index (χ3v) is 4.40. The lowest BCUT2D eigenvalue weighted by molar-refractivity contribution is 0.0595. The van der Waals surface area contributed by atoms with Crippen LogP contribution in [0.3, 0.4) is 0 Å². The Morgan fingerprint density at radius 3 is 3.16 bits per heavy atom. The van der Waals surface area contributed by atoms with Crippen LogP contribution in [0.25, 0.3) is 0 Å². The highest BCUT2D eigenvalue weighted by Crippen LogP contribution is 2.34. The Balaban J connectivity index is 2.04. The number of anilines is 1. The maximum atomic E-state index is 11.6. The van der Waals surface area contributed by atoms with Gasteiger partial charge in [0.05, 0.1) is 13.2 Å². The number of aromatic nitrogens is 3. The number of hydrogen-bond donors (Lipinski definition) is 1. The third kappa shape index (κ3) is 1.90. The smallest absolute Gasteiger partial charge is 0.362 e. The number of methoxy groups -OCH3 is 1. The topological polar surface area (TPSA) is 69.0 Å². The molecule has 0 bridgehead atoms. The normalized spacial score (nSPS) is 17.7. The molecule has 0 spiro atoms. The van der Waals surface area contributed by atoms with Gasteiger partial charge in [0.15, 0.2) is 5.82 Å². The molecule has 2 aromatic rings. The summed E-state index contributed by atoms with van der Waals surface area (Å²) in [4.78, 5) is 12.9. The van der Waals surface area contributed by atoms with E-state index in [1.165, 1.54) is 17.6 Å². The average molecular weight is 278 g/mol. The molecule has 0 amide bonds. The van der Waals surface area contributed by atoms with E-state index in [1.54, 1.807) is 16.0 Å². The minimum Gasteiger partial charge on any atom is -0.464 e. The van der Waals surface area contributed by atoms with Crippen LogP contribution in [0.15, 0.2) is 11.4 Å². The van der Waals surface area contributed by atoms with Crippen LogP contribution in [0, 0.1) is 6.92 Å². The highest BCUT2D eigenvalue weighted by Gasteiger charge is 2.30. The van der Waals surface area contributed by atoms with E-state index in [9.17, 15) is 4.79 Å². The molecule has 6 nitrogen and oxygen atoms in total. The molecule has 1 atom stereocenters. The number of ether oxygens (including phenoxy) is 1. The Morgan fingerprint density at radius 1 is 1.63 bits per heavy atom. The van der Waals surface area contributed by atoms with Crippen LogP contribution < -0.4 is 5.32 Å². The zero-order valence-electron chi connectivity index (χ0n) is 10.7. The molecule has 0 fully saturated rings. The van der Waals surface area contributed by atoms with Crippen molar-refractivity contribution < 1.29 is 9.53 Å². The summed E-state index contributed by atoms with van der Waals surface area (Å²) in [5.74, 6) is 0.188. The summed E-state index contributed by atoms with van der Waals surface area (Å²) in [6.45, 7) is 2.88. The first kappa shape index (κ1) is 12.2. The number of aryl methyl sites for hydroxylation is 1. The van der Waals surface area contributed by atoms with E-state index >= 15 is 0 Å². The van der Waals surface area contributed by atoms with E-state index in [1.807, 2.05) is 0 Å². The van der Waals surface area contributed by atoms with Gasteiger partial charge in [-0.2, -0.15) is 0 Å². The predicted molar refractivity (Wildman–Crippen MR) is 71.7 cm³/mol. The number of rotatable bonds is 2. The van der Waals surface area contributed by atoms with Crippen LogP contribution in [0.5, 0.6) is 0 Å². The molecular formula is C12H14N4O2S. The summed E-state index contributed by atoms with van der Waals surface area (Å²) in [5.41, 5.74) is 1.50. The van der Waals surface area contributed by atoms with E-state index in [4.69, 9.17) is 4.74 Å². The molecule has 19 heavy (non-hydrogen) atoms. The molecule has 1 aliphatic heterocycles. The van der Waals surface area contributed by atoms with Crippen LogP contribution in [0.4, 0.5) is 5.82 Å². The Hall–Kier alpha value is -1.89. The van der Waals surface area contributed by atoms with E-state index in [2.05, 4.69) is 34.0 Å². The summed E-state index contributed by atoms with van der Waals surface area (Å²) >= 11 is 1.71.